The number of nitrogens with one attached hydrogen (secondary N) is 1. The minimum absolute atomic E-state index is 0.0482. The summed E-state index contributed by atoms with van der Waals surface area (Å²) in [6.45, 7) is 9.63. The van der Waals surface area contributed by atoms with Gasteiger partial charge in [0.25, 0.3) is 0 Å². The maximum atomic E-state index is 11.5. The number of amides is 1. The molecule has 0 saturated heterocycles. The minimum atomic E-state index is -0.913. The van der Waals surface area contributed by atoms with Crippen molar-refractivity contribution in [2.45, 2.75) is 47.1 Å². The Morgan fingerprint density at radius 1 is 1.38 bits per heavy atom. The van der Waals surface area contributed by atoms with E-state index in [1.807, 2.05) is 27.7 Å². The Kier molecular flexibility index (Phi) is 5.21. The second-order valence-electron chi connectivity index (χ2n) is 5.08. The Labute approximate surface area is 96.7 Å². The van der Waals surface area contributed by atoms with Crippen molar-refractivity contribution in [3.63, 3.8) is 0 Å². The number of allylic oxidation sites excluding steroid dienone is 1. The van der Waals surface area contributed by atoms with E-state index in [2.05, 4.69) is 5.32 Å². The van der Waals surface area contributed by atoms with Gasteiger partial charge >= 0.3 is 5.97 Å². The van der Waals surface area contributed by atoms with E-state index in [1.165, 1.54) is 6.08 Å². The van der Waals surface area contributed by atoms with Crippen LogP contribution < -0.4 is 5.32 Å². The van der Waals surface area contributed by atoms with Crippen molar-refractivity contribution in [3.05, 3.63) is 11.6 Å². The molecule has 0 aromatic rings. The van der Waals surface area contributed by atoms with E-state index in [-0.39, 0.29) is 23.8 Å². The summed E-state index contributed by atoms with van der Waals surface area (Å²) in [6, 6.07) is -0.353. The summed E-state index contributed by atoms with van der Waals surface area (Å²) in [7, 11) is 0. The van der Waals surface area contributed by atoms with E-state index < -0.39 is 5.97 Å². The van der Waals surface area contributed by atoms with Gasteiger partial charge in [-0.3, -0.25) is 9.59 Å². The molecule has 0 aliphatic rings. The number of carbonyl (C=O) groups is 2. The monoisotopic (exact) mass is 227 g/mol. The summed E-state index contributed by atoms with van der Waals surface area (Å²) >= 11 is 0. The van der Waals surface area contributed by atoms with E-state index in [9.17, 15) is 9.59 Å². The Bertz CT molecular complexity index is 300. The first-order chi connectivity index (χ1) is 7.12. The molecule has 1 atom stereocenters. The first-order valence-corrected chi connectivity index (χ1v) is 5.34. The Morgan fingerprint density at radius 2 is 1.88 bits per heavy atom. The SMILES string of the molecule is C/C(=C/C(=O)NC(C)CC(=O)O)C(C)(C)C. The number of carbonyl (C=O) groups excluding carboxylic acids is 1. The number of carboxylic acids is 1. The summed E-state index contributed by atoms with van der Waals surface area (Å²) in [6.07, 6.45) is 1.46. The summed E-state index contributed by atoms with van der Waals surface area (Å²) < 4.78 is 0. The fraction of sp³-hybridized carbons (Fsp3) is 0.667. The van der Waals surface area contributed by atoms with E-state index in [0.29, 0.717) is 0 Å². The third-order valence-electron chi connectivity index (χ3n) is 2.40. The average Bonchev–Trinajstić information content (AvgIpc) is 1.98. The molecule has 2 N–H and O–H groups in total. The molecule has 4 nitrogen and oxygen atoms in total. The van der Waals surface area contributed by atoms with Crippen LogP contribution >= 0.6 is 0 Å². The van der Waals surface area contributed by atoms with Gasteiger partial charge in [-0.1, -0.05) is 26.3 Å². The van der Waals surface area contributed by atoms with Gasteiger partial charge in [0.15, 0.2) is 0 Å². The highest BCUT2D eigenvalue weighted by Crippen LogP contribution is 2.23. The van der Waals surface area contributed by atoms with E-state index in [4.69, 9.17) is 5.11 Å². The van der Waals surface area contributed by atoms with Crippen molar-refractivity contribution in [2.24, 2.45) is 5.41 Å². The fourth-order valence-electron chi connectivity index (χ4n) is 1.01. The van der Waals surface area contributed by atoms with Crippen LogP contribution in [-0.2, 0) is 9.59 Å². The Hall–Kier alpha value is -1.32. The normalized spacial score (nSPS) is 14.4. The quantitative estimate of drug-likeness (QED) is 0.721. The van der Waals surface area contributed by atoms with Crippen molar-refractivity contribution < 1.29 is 14.7 Å². The van der Waals surface area contributed by atoms with Crippen LogP contribution in [0.15, 0.2) is 11.6 Å². The molecule has 0 rings (SSSR count). The highest BCUT2D eigenvalue weighted by molar-refractivity contribution is 5.88. The molecule has 0 fully saturated rings. The van der Waals surface area contributed by atoms with E-state index in [0.717, 1.165) is 5.57 Å². The van der Waals surface area contributed by atoms with Crippen LogP contribution in [0.5, 0.6) is 0 Å². The van der Waals surface area contributed by atoms with Crippen LogP contribution in [-0.4, -0.2) is 23.0 Å². The Balaban J connectivity index is 4.34. The molecule has 1 amide bonds. The molecule has 92 valence electrons. The maximum absolute atomic E-state index is 11.5. The molecule has 0 spiro atoms. The fourth-order valence-corrected chi connectivity index (χ4v) is 1.01. The number of aliphatic carboxylic acids is 1. The van der Waals surface area contributed by atoms with Crippen molar-refractivity contribution in [1.82, 2.24) is 5.32 Å². The molecular formula is C12H21NO3. The van der Waals surface area contributed by atoms with Crippen molar-refractivity contribution in [3.8, 4) is 0 Å². The summed E-state index contributed by atoms with van der Waals surface area (Å²) in [4.78, 5) is 21.9. The molecule has 4 heteroatoms. The third-order valence-corrected chi connectivity index (χ3v) is 2.40. The molecule has 16 heavy (non-hydrogen) atoms. The van der Waals surface area contributed by atoms with E-state index in [1.54, 1.807) is 6.92 Å². The summed E-state index contributed by atoms with van der Waals surface area (Å²) in [5.74, 6) is -1.15. The molecule has 0 radical (unpaired) electrons. The van der Waals surface area contributed by atoms with Gasteiger partial charge in [-0.25, -0.2) is 0 Å². The van der Waals surface area contributed by atoms with Gasteiger partial charge in [0.05, 0.1) is 6.42 Å². The zero-order chi connectivity index (χ0) is 12.9. The average molecular weight is 227 g/mol. The van der Waals surface area contributed by atoms with Crippen LogP contribution in [0.2, 0.25) is 0 Å². The van der Waals surface area contributed by atoms with Crippen LogP contribution in [0.25, 0.3) is 0 Å². The number of rotatable bonds is 4. The van der Waals surface area contributed by atoms with Gasteiger partial charge in [0, 0.05) is 12.1 Å². The van der Waals surface area contributed by atoms with Crippen LogP contribution in [0.3, 0.4) is 0 Å². The number of hydrogen-bond donors (Lipinski definition) is 2. The van der Waals surface area contributed by atoms with Gasteiger partial charge in [-0.15, -0.1) is 0 Å². The molecule has 0 bridgehead atoms. The largest absolute Gasteiger partial charge is 0.481 e. The molecule has 0 aliphatic carbocycles. The predicted octanol–water partition coefficient (Wildman–Crippen LogP) is 1.96. The van der Waals surface area contributed by atoms with Crippen molar-refractivity contribution in [2.75, 3.05) is 0 Å². The lowest BCUT2D eigenvalue weighted by atomic mass is 9.87. The third kappa shape index (κ3) is 6.22. The maximum Gasteiger partial charge on any atom is 0.305 e. The van der Waals surface area contributed by atoms with Gasteiger partial charge in [-0.05, 0) is 19.3 Å². The van der Waals surface area contributed by atoms with Crippen LogP contribution in [0, 0.1) is 5.41 Å². The molecule has 0 heterocycles. The van der Waals surface area contributed by atoms with Gasteiger partial charge in [-0.2, -0.15) is 0 Å². The standard InChI is InChI=1S/C12H21NO3/c1-8(12(3,4)5)6-10(14)13-9(2)7-11(15)16/h6,9H,7H2,1-5H3,(H,13,14)(H,15,16)/b8-6-. The van der Waals surface area contributed by atoms with Crippen LogP contribution in [0.4, 0.5) is 0 Å². The topological polar surface area (TPSA) is 66.4 Å². The minimum Gasteiger partial charge on any atom is -0.481 e. The molecule has 0 aromatic heterocycles. The second-order valence-corrected chi connectivity index (χ2v) is 5.08. The smallest absolute Gasteiger partial charge is 0.305 e. The van der Waals surface area contributed by atoms with Crippen LogP contribution in [0.1, 0.15) is 41.0 Å². The molecule has 1 unspecified atom stereocenters. The van der Waals surface area contributed by atoms with Gasteiger partial charge in [0.2, 0.25) is 5.91 Å². The van der Waals surface area contributed by atoms with Gasteiger partial charge < -0.3 is 10.4 Å². The zero-order valence-electron chi connectivity index (χ0n) is 10.6. The molecular weight excluding hydrogens is 206 g/mol. The van der Waals surface area contributed by atoms with Crippen molar-refractivity contribution >= 4 is 11.9 Å². The molecule has 0 aliphatic heterocycles. The van der Waals surface area contributed by atoms with Crippen molar-refractivity contribution in [1.29, 1.82) is 0 Å². The Morgan fingerprint density at radius 3 is 2.25 bits per heavy atom. The molecule has 0 aromatic carbocycles. The predicted molar refractivity (Wildman–Crippen MR) is 63.1 cm³/mol. The highest BCUT2D eigenvalue weighted by atomic mass is 16.4. The number of hydrogen-bond acceptors (Lipinski definition) is 2. The molecule has 0 saturated carbocycles. The first kappa shape index (κ1) is 14.7. The lowest BCUT2D eigenvalue weighted by molar-refractivity contribution is -0.137. The lowest BCUT2D eigenvalue weighted by Crippen LogP contribution is -2.33. The lowest BCUT2D eigenvalue weighted by Gasteiger charge is -2.19. The van der Waals surface area contributed by atoms with Gasteiger partial charge in [0.1, 0.15) is 0 Å². The summed E-state index contributed by atoms with van der Waals surface area (Å²) in [5.41, 5.74) is 0.917. The zero-order valence-corrected chi connectivity index (χ0v) is 10.6. The summed E-state index contributed by atoms with van der Waals surface area (Å²) in [5, 5.41) is 11.2. The highest BCUT2D eigenvalue weighted by Gasteiger charge is 2.15. The van der Waals surface area contributed by atoms with E-state index >= 15 is 0 Å². The first-order valence-electron chi connectivity index (χ1n) is 5.34. The number of carboxylic acid groups (broad SMARTS) is 1. The second kappa shape index (κ2) is 5.68.